The Morgan fingerprint density at radius 1 is 1.45 bits per heavy atom. The summed E-state index contributed by atoms with van der Waals surface area (Å²) < 4.78 is 1.93. The monoisotopic (exact) mass is 325 g/mol. The molecule has 0 spiro atoms. The van der Waals surface area contributed by atoms with Gasteiger partial charge in [0.15, 0.2) is 5.16 Å². The molecule has 22 heavy (non-hydrogen) atoms. The van der Waals surface area contributed by atoms with E-state index in [4.69, 9.17) is 5.73 Å². The topological polar surface area (TPSA) is 103 Å². The van der Waals surface area contributed by atoms with Crippen LogP contribution in [-0.2, 0) is 16.1 Å². The normalized spacial score (nSPS) is 15.5. The van der Waals surface area contributed by atoms with Crippen LogP contribution in [0.25, 0.3) is 0 Å². The van der Waals surface area contributed by atoms with Gasteiger partial charge >= 0.3 is 0 Å². The van der Waals surface area contributed by atoms with E-state index in [0.717, 1.165) is 25.1 Å². The highest BCUT2D eigenvalue weighted by atomic mass is 32.2. The molecular weight excluding hydrogens is 302 g/mol. The molecule has 1 aliphatic carbocycles. The summed E-state index contributed by atoms with van der Waals surface area (Å²) in [4.78, 5) is 22.9. The van der Waals surface area contributed by atoms with Crippen molar-refractivity contribution < 1.29 is 9.59 Å². The molecule has 1 fully saturated rings. The van der Waals surface area contributed by atoms with Gasteiger partial charge < -0.3 is 15.6 Å². The lowest BCUT2D eigenvalue weighted by molar-refractivity contribution is -0.119. The van der Waals surface area contributed by atoms with Crippen LogP contribution in [0.4, 0.5) is 0 Å². The number of nitrogens with zero attached hydrogens (tertiary/aromatic N) is 3. The molecule has 1 heterocycles. The lowest BCUT2D eigenvalue weighted by atomic mass is 10.3. The van der Waals surface area contributed by atoms with E-state index in [-0.39, 0.29) is 24.3 Å². The van der Waals surface area contributed by atoms with Crippen molar-refractivity contribution in [3.05, 3.63) is 5.82 Å². The highest BCUT2D eigenvalue weighted by Gasteiger charge is 2.30. The molecule has 0 saturated heterocycles. The van der Waals surface area contributed by atoms with Gasteiger partial charge in [-0.15, -0.1) is 10.2 Å². The second kappa shape index (κ2) is 7.62. The van der Waals surface area contributed by atoms with E-state index in [1.165, 1.54) is 11.8 Å². The zero-order valence-corrected chi connectivity index (χ0v) is 13.9. The Kier molecular flexibility index (Phi) is 5.82. The number of carbonyl (C=O) groups excluding carboxylic acids is 2. The first-order chi connectivity index (χ1) is 10.5. The van der Waals surface area contributed by atoms with Gasteiger partial charge in [-0.25, -0.2) is 0 Å². The number of nitrogens with one attached hydrogen (secondary N) is 1. The lowest BCUT2D eigenvalue weighted by Crippen LogP contribution is -2.33. The smallest absolute Gasteiger partial charge is 0.230 e. The lowest BCUT2D eigenvalue weighted by Gasteiger charge is -2.11. The summed E-state index contributed by atoms with van der Waals surface area (Å²) in [5.74, 6) is 1.27. The van der Waals surface area contributed by atoms with E-state index in [1.54, 1.807) is 0 Å². The first kappa shape index (κ1) is 16.8. The van der Waals surface area contributed by atoms with Crippen molar-refractivity contribution in [2.24, 2.45) is 5.73 Å². The summed E-state index contributed by atoms with van der Waals surface area (Å²) >= 11 is 1.35. The Morgan fingerprint density at radius 3 is 2.77 bits per heavy atom. The Hall–Kier alpha value is -1.57. The van der Waals surface area contributed by atoms with Crippen LogP contribution in [0.15, 0.2) is 5.16 Å². The first-order valence-electron chi connectivity index (χ1n) is 7.64. The molecule has 1 aromatic rings. The van der Waals surface area contributed by atoms with E-state index in [1.807, 2.05) is 18.4 Å². The van der Waals surface area contributed by atoms with E-state index in [9.17, 15) is 9.59 Å². The van der Waals surface area contributed by atoms with Gasteiger partial charge in [-0.1, -0.05) is 18.7 Å². The van der Waals surface area contributed by atoms with Crippen molar-refractivity contribution in [3.63, 3.8) is 0 Å². The minimum atomic E-state index is -0.346. The van der Waals surface area contributed by atoms with Crippen LogP contribution in [0, 0.1) is 0 Å². The number of primary amides is 1. The van der Waals surface area contributed by atoms with Crippen LogP contribution in [-0.4, -0.2) is 38.4 Å². The number of aromatic nitrogens is 3. The minimum Gasteiger partial charge on any atom is -0.370 e. The van der Waals surface area contributed by atoms with Crippen molar-refractivity contribution in [1.29, 1.82) is 0 Å². The third-order valence-corrected chi connectivity index (χ3v) is 4.59. The van der Waals surface area contributed by atoms with Crippen LogP contribution in [0.5, 0.6) is 0 Å². The van der Waals surface area contributed by atoms with Gasteiger partial charge in [0.25, 0.3) is 0 Å². The molecule has 1 aromatic heterocycles. The van der Waals surface area contributed by atoms with E-state index in [2.05, 4.69) is 15.5 Å². The summed E-state index contributed by atoms with van der Waals surface area (Å²) in [6.07, 6.45) is 3.36. The molecule has 2 rings (SSSR count). The molecule has 1 atom stereocenters. The minimum absolute atomic E-state index is 0.0169. The van der Waals surface area contributed by atoms with Crippen LogP contribution in [0.1, 0.15) is 51.3 Å². The zero-order valence-electron chi connectivity index (χ0n) is 13.0. The molecule has 1 aliphatic rings. The number of hydrogen-bond acceptors (Lipinski definition) is 5. The van der Waals surface area contributed by atoms with Crippen molar-refractivity contribution in [2.45, 2.75) is 63.2 Å². The van der Waals surface area contributed by atoms with Crippen LogP contribution < -0.4 is 11.1 Å². The molecule has 1 unspecified atom stereocenters. The molecule has 0 bridgehead atoms. The molecule has 122 valence electrons. The van der Waals surface area contributed by atoms with E-state index in [0.29, 0.717) is 23.4 Å². The van der Waals surface area contributed by atoms with Crippen molar-refractivity contribution >= 4 is 23.6 Å². The fourth-order valence-electron chi connectivity index (χ4n) is 2.03. The maximum absolute atomic E-state index is 11.9. The number of rotatable bonds is 9. The van der Waals surface area contributed by atoms with Gasteiger partial charge in [0.05, 0.1) is 5.75 Å². The summed E-state index contributed by atoms with van der Waals surface area (Å²) in [6, 6.07) is 0.169. The molecule has 0 aromatic carbocycles. The summed E-state index contributed by atoms with van der Waals surface area (Å²) in [7, 11) is 0. The Bertz CT molecular complexity index is 541. The third kappa shape index (κ3) is 4.72. The van der Waals surface area contributed by atoms with Gasteiger partial charge in [0.1, 0.15) is 5.82 Å². The van der Waals surface area contributed by atoms with Gasteiger partial charge in [-0.05, 0) is 26.2 Å². The second-order valence-corrected chi connectivity index (χ2v) is 6.59. The average Bonchev–Trinajstić information content (AvgIpc) is 3.23. The summed E-state index contributed by atoms with van der Waals surface area (Å²) in [6.45, 7) is 4.48. The van der Waals surface area contributed by atoms with Crippen molar-refractivity contribution in [1.82, 2.24) is 20.1 Å². The van der Waals surface area contributed by atoms with Crippen LogP contribution in [0.2, 0.25) is 0 Å². The largest absolute Gasteiger partial charge is 0.370 e. The third-order valence-electron chi connectivity index (χ3n) is 3.62. The predicted molar refractivity (Wildman–Crippen MR) is 84.4 cm³/mol. The number of nitrogens with two attached hydrogens (primary N) is 1. The molecule has 7 nitrogen and oxygen atoms in total. The fourth-order valence-corrected chi connectivity index (χ4v) is 2.81. The first-order valence-corrected chi connectivity index (χ1v) is 8.63. The van der Waals surface area contributed by atoms with Crippen LogP contribution >= 0.6 is 11.8 Å². The van der Waals surface area contributed by atoms with Crippen LogP contribution in [0.3, 0.4) is 0 Å². The average molecular weight is 325 g/mol. The van der Waals surface area contributed by atoms with Gasteiger partial charge in [0, 0.05) is 24.9 Å². The highest BCUT2D eigenvalue weighted by Crippen LogP contribution is 2.40. The summed E-state index contributed by atoms with van der Waals surface area (Å²) in [5.41, 5.74) is 5.23. The Balaban J connectivity index is 1.97. The van der Waals surface area contributed by atoms with Gasteiger partial charge in [-0.3, -0.25) is 9.59 Å². The maximum atomic E-state index is 11.9. The molecular formula is C14H23N5O2S. The fraction of sp³-hybridized carbons (Fsp3) is 0.714. The molecule has 8 heteroatoms. The molecule has 1 saturated carbocycles. The summed E-state index contributed by atoms with van der Waals surface area (Å²) in [5, 5.41) is 12.0. The zero-order chi connectivity index (χ0) is 16.1. The maximum Gasteiger partial charge on any atom is 0.230 e. The Morgan fingerprint density at radius 2 is 2.18 bits per heavy atom. The van der Waals surface area contributed by atoms with Gasteiger partial charge in [-0.2, -0.15) is 0 Å². The quantitative estimate of drug-likeness (QED) is 0.660. The number of hydrogen-bond donors (Lipinski definition) is 2. The number of amides is 2. The van der Waals surface area contributed by atoms with Crippen molar-refractivity contribution in [3.8, 4) is 0 Å². The molecule has 0 radical (unpaired) electrons. The van der Waals surface area contributed by atoms with Crippen molar-refractivity contribution in [2.75, 3.05) is 5.75 Å². The van der Waals surface area contributed by atoms with Gasteiger partial charge in [0.2, 0.25) is 11.8 Å². The number of carbonyl (C=O) groups is 2. The molecule has 3 N–H and O–H groups in total. The second-order valence-electron chi connectivity index (χ2n) is 5.65. The van der Waals surface area contributed by atoms with E-state index < -0.39 is 0 Å². The number of thioether (sulfide) groups is 1. The highest BCUT2D eigenvalue weighted by molar-refractivity contribution is 7.99. The molecule has 0 aliphatic heterocycles. The standard InChI is InChI=1S/C14H23N5O2S/c1-3-9(2)16-12(21)8-22-14-18-17-13(10-4-5-10)19(14)7-6-11(15)20/h9-10H,3-8H2,1-2H3,(H2,15,20)(H,16,21). The predicted octanol–water partition coefficient (Wildman–Crippen LogP) is 1.04. The Labute approximate surface area is 134 Å². The molecule has 2 amide bonds. The SMILES string of the molecule is CCC(C)NC(=O)CSc1nnc(C2CC2)n1CCC(N)=O. The van der Waals surface area contributed by atoms with E-state index >= 15 is 0 Å².